The maximum Gasteiger partial charge on any atom is 0.356 e. The van der Waals surface area contributed by atoms with Gasteiger partial charge in [-0.05, 0) is 50.5 Å². The lowest BCUT2D eigenvalue weighted by Crippen LogP contribution is -2.28. The highest BCUT2D eigenvalue weighted by molar-refractivity contribution is 6.29. The number of carbonyl (C=O) groups is 1. The molecule has 2 N–H and O–H groups in total. The van der Waals surface area contributed by atoms with Crippen LogP contribution in [-0.4, -0.2) is 31.5 Å². The standard InChI is InChI=1S/C24H23ClF2N4O3/c1-12-9-14(13(2)28-16-3-4-17(25)29-19(16)21(33)34)18-15(10-12)20(32)31-8-7-23(22(31)30-18)5-6-24(26,27)11-23/h3-4,9-10,13,28H,5-8,11H2,1-2H3,(H,33,34)/t13-,23-/m1/s1. The van der Waals surface area contributed by atoms with Gasteiger partial charge in [0.1, 0.15) is 11.0 Å². The summed E-state index contributed by atoms with van der Waals surface area (Å²) in [5.41, 5.74) is 0.964. The summed E-state index contributed by atoms with van der Waals surface area (Å²) < 4.78 is 29.9. The number of nitrogens with one attached hydrogen (secondary N) is 1. The summed E-state index contributed by atoms with van der Waals surface area (Å²) in [6.45, 7) is 4.06. The Morgan fingerprint density at radius 2 is 2.00 bits per heavy atom. The number of fused-ring (bicyclic) bond motifs is 3. The summed E-state index contributed by atoms with van der Waals surface area (Å²) in [4.78, 5) is 33.8. The minimum atomic E-state index is -2.76. The van der Waals surface area contributed by atoms with Gasteiger partial charge in [0, 0.05) is 30.4 Å². The molecule has 0 saturated heterocycles. The third-order valence-corrected chi connectivity index (χ3v) is 7.20. The number of alkyl halides is 2. The monoisotopic (exact) mass is 488 g/mol. The van der Waals surface area contributed by atoms with E-state index in [0.717, 1.165) is 5.56 Å². The SMILES string of the molecule is Cc1cc([C@@H](C)Nc2ccc(Cl)nc2C(=O)O)c2nc3n(c(=O)c2c1)CC[C@@]31CCC(F)(F)C1. The molecule has 0 unspecified atom stereocenters. The van der Waals surface area contributed by atoms with Crippen molar-refractivity contribution >= 4 is 34.2 Å². The van der Waals surface area contributed by atoms with Crippen LogP contribution in [0, 0.1) is 6.92 Å². The lowest BCUT2D eigenvalue weighted by molar-refractivity contribution is 0.00241. The number of hydrogen-bond acceptors (Lipinski definition) is 5. The minimum Gasteiger partial charge on any atom is -0.476 e. The van der Waals surface area contributed by atoms with E-state index in [1.54, 1.807) is 10.6 Å². The zero-order valence-corrected chi connectivity index (χ0v) is 19.4. The highest BCUT2D eigenvalue weighted by atomic mass is 35.5. The zero-order valence-electron chi connectivity index (χ0n) is 18.7. The third kappa shape index (κ3) is 3.62. The summed E-state index contributed by atoms with van der Waals surface area (Å²) in [6.07, 6.45) is 0.263. The number of hydrogen-bond donors (Lipinski definition) is 2. The highest BCUT2D eigenvalue weighted by Crippen LogP contribution is 2.52. The van der Waals surface area contributed by atoms with Gasteiger partial charge in [-0.3, -0.25) is 9.36 Å². The number of aromatic carboxylic acids is 1. The van der Waals surface area contributed by atoms with Crippen molar-refractivity contribution in [3.8, 4) is 0 Å². The number of nitrogens with zero attached hydrogens (tertiary/aromatic N) is 3. The molecule has 2 aliphatic rings. The molecule has 1 aliphatic carbocycles. The first kappa shape index (κ1) is 22.7. The van der Waals surface area contributed by atoms with Crippen LogP contribution in [0.4, 0.5) is 14.5 Å². The van der Waals surface area contributed by atoms with E-state index in [2.05, 4.69) is 10.3 Å². The Morgan fingerprint density at radius 1 is 1.24 bits per heavy atom. The lowest BCUT2D eigenvalue weighted by Gasteiger charge is -2.24. The van der Waals surface area contributed by atoms with Crippen LogP contribution in [0.1, 0.15) is 66.1 Å². The number of rotatable bonds is 4. The van der Waals surface area contributed by atoms with Crippen molar-refractivity contribution in [1.82, 2.24) is 14.5 Å². The molecular weight excluding hydrogens is 466 g/mol. The molecule has 7 nitrogen and oxygen atoms in total. The Labute approximate surface area is 198 Å². The zero-order chi connectivity index (χ0) is 24.4. The van der Waals surface area contributed by atoms with Crippen molar-refractivity contribution < 1.29 is 18.7 Å². The first-order valence-electron chi connectivity index (χ1n) is 11.1. The van der Waals surface area contributed by atoms with Crippen LogP contribution in [0.15, 0.2) is 29.1 Å². The fourth-order valence-electron chi connectivity index (χ4n) is 5.41. The van der Waals surface area contributed by atoms with Crippen LogP contribution in [0.25, 0.3) is 10.9 Å². The number of aromatic nitrogens is 3. The Kier molecular flexibility index (Phi) is 5.16. The molecule has 0 radical (unpaired) electrons. The Morgan fingerprint density at radius 3 is 2.68 bits per heavy atom. The van der Waals surface area contributed by atoms with Crippen molar-refractivity contribution in [2.75, 3.05) is 5.32 Å². The Balaban J connectivity index is 1.64. The molecule has 2 atom stereocenters. The highest BCUT2D eigenvalue weighted by Gasteiger charge is 2.54. The summed E-state index contributed by atoms with van der Waals surface area (Å²) in [5, 5.41) is 13.1. The van der Waals surface area contributed by atoms with Crippen LogP contribution in [0.5, 0.6) is 0 Å². The molecule has 1 saturated carbocycles. The van der Waals surface area contributed by atoms with Gasteiger partial charge in [-0.25, -0.2) is 23.5 Å². The van der Waals surface area contributed by atoms with Crippen LogP contribution in [0.3, 0.4) is 0 Å². The minimum absolute atomic E-state index is 0.0560. The Bertz CT molecular complexity index is 1410. The number of carboxylic acid groups (broad SMARTS) is 1. The first-order chi connectivity index (χ1) is 16.0. The molecule has 3 aromatic rings. The fourth-order valence-corrected chi connectivity index (χ4v) is 5.55. The second-order valence-corrected chi connectivity index (χ2v) is 9.79. The number of carboxylic acids is 1. The second-order valence-electron chi connectivity index (χ2n) is 9.41. The maximum absolute atomic E-state index is 14.2. The van der Waals surface area contributed by atoms with E-state index >= 15 is 0 Å². The molecule has 5 rings (SSSR count). The molecule has 1 aromatic carbocycles. The molecule has 2 aromatic heterocycles. The number of aryl methyl sites for hydroxylation is 1. The molecule has 10 heteroatoms. The van der Waals surface area contributed by atoms with E-state index < -0.39 is 23.3 Å². The fraction of sp³-hybridized carbons (Fsp3) is 0.417. The van der Waals surface area contributed by atoms with Crippen LogP contribution in [0.2, 0.25) is 5.15 Å². The molecule has 0 bridgehead atoms. The normalized spacial score (nSPS) is 21.7. The topological polar surface area (TPSA) is 97.1 Å². The van der Waals surface area contributed by atoms with Gasteiger partial charge >= 0.3 is 5.97 Å². The largest absolute Gasteiger partial charge is 0.476 e. The number of anilines is 1. The van der Waals surface area contributed by atoms with Crippen LogP contribution < -0.4 is 10.9 Å². The van der Waals surface area contributed by atoms with Gasteiger partial charge in [-0.1, -0.05) is 17.7 Å². The van der Waals surface area contributed by atoms with E-state index in [1.165, 1.54) is 12.1 Å². The molecule has 1 fully saturated rings. The molecule has 34 heavy (non-hydrogen) atoms. The molecular formula is C24H23ClF2N4O3. The van der Waals surface area contributed by atoms with E-state index in [0.29, 0.717) is 41.7 Å². The summed E-state index contributed by atoms with van der Waals surface area (Å²) in [5.74, 6) is -3.56. The van der Waals surface area contributed by atoms with Gasteiger partial charge < -0.3 is 10.4 Å². The van der Waals surface area contributed by atoms with Gasteiger partial charge in [0.05, 0.1) is 22.6 Å². The molecule has 1 spiro atoms. The summed E-state index contributed by atoms with van der Waals surface area (Å²) in [6, 6.07) is 6.19. The quantitative estimate of drug-likeness (QED) is 0.497. The van der Waals surface area contributed by atoms with Crippen LogP contribution in [-0.2, 0) is 12.0 Å². The van der Waals surface area contributed by atoms with Crippen molar-refractivity contribution in [2.45, 2.75) is 63.5 Å². The average Bonchev–Trinajstić information content (AvgIpc) is 3.28. The number of halogens is 3. The predicted molar refractivity (Wildman–Crippen MR) is 124 cm³/mol. The predicted octanol–water partition coefficient (Wildman–Crippen LogP) is 5.09. The van der Waals surface area contributed by atoms with Gasteiger partial charge in [-0.2, -0.15) is 0 Å². The Hall–Kier alpha value is -3.07. The van der Waals surface area contributed by atoms with Crippen LogP contribution >= 0.6 is 11.6 Å². The average molecular weight is 489 g/mol. The van der Waals surface area contributed by atoms with E-state index in [9.17, 15) is 23.5 Å². The summed E-state index contributed by atoms with van der Waals surface area (Å²) >= 11 is 5.86. The van der Waals surface area contributed by atoms with E-state index in [1.807, 2.05) is 19.9 Å². The van der Waals surface area contributed by atoms with Gasteiger partial charge in [0.25, 0.3) is 5.56 Å². The third-order valence-electron chi connectivity index (χ3n) is 6.99. The number of pyridine rings is 1. The van der Waals surface area contributed by atoms with Gasteiger partial charge in [-0.15, -0.1) is 0 Å². The van der Waals surface area contributed by atoms with Crippen molar-refractivity contribution in [2.24, 2.45) is 0 Å². The molecule has 3 heterocycles. The van der Waals surface area contributed by atoms with Gasteiger partial charge in [0.2, 0.25) is 5.92 Å². The number of benzene rings is 1. The van der Waals surface area contributed by atoms with Crippen molar-refractivity contribution in [1.29, 1.82) is 0 Å². The molecule has 178 valence electrons. The second kappa shape index (κ2) is 7.73. The summed E-state index contributed by atoms with van der Waals surface area (Å²) in [7, 11) is 0. The maximum atomic E-state index is 14.2. The van der Waals surface area contributed by atoms with Gasteiger partial charge in [0.15, 0.2) is 5.69 Å². The molecule has 1 aliphatic heterocycles. The lowest BCUT2D eigenvalue weighted by atomic mass is 9.84. The smallest absolute Gasteiger partial charge is 0.356 e. The van der Waals surface area contributed by atoms with E-state index in [4.69, 9.17) is 16.6 Å². The van der Waals surface area contributed by atoms with Crippen molar-refractivity contribution in [3.63, 3.8) is 0 Å². The van der Waals surface area contributed by atoms with E-state index in [-0.39, 0.29) is 34.9 Å². The van der Waals surface area contributed by atoms with Crippen molar-refractivity contribution in [3.05, 3.63) is 62.4 Å². The molecule has 0 amide bonds. The first-order valence-corrected chi connectivity index (χ1v) is 11.5.